The van der Waals surface area contributed by atoms with Crippen LogP contribution in [-0.4, -0.2) is 70.6 Å². The zero-order valence-corrected chi connectivity index (χ0v) is 12.6. The van der Waals surface area contributed by atoms with Crippen molar-refractivity contribution in [1.82, 2.24) is 10.2 Å². The Balaban J connectivity index is 4.54. The van der Waals surface area contributed by atoms with Crippen LogP contribution in [0.2, 0.25) is 0 Å². The third-order valence-electron chi connectivity index (χ3n) is 2.63. The minimum absolute atomic E-state index is 0.0763. The Labute approximate surface area is 110 Å². The molecular weight excluding hydrogens is 256 g/mol. The summed E-state index contributed by atoms with van der Waals surface area (Å²) >= 11 is 0. The summed E-state index contributed by atoms with van der Waals surface area (Å²) in [7, 11) is 0.132. The van der Waals surface area contributed by atoms with Crippen LogP contribution in [-0.2, 0) is 19.4 Å². The summed E-state index contributed by atoms with van der Waals surface area (Å²) in [6, 6.07) is 0. The molecule has 0 fully saturated rings. The molecule has 0 bridgehead atoms. The highest BCUT2D eigenvalue weighted by molar-refractivity contribution is 7.90. The molecule has 0 aliphatic heterocycles. The third-order valence-corrected chi connectivity index (χ3v) is 3.56. The maximum absolute atomic E-state index is 11.7. The molecule has 108 valence electrons. The molecular formula is C11H24N2O4S. The summed E-state index contributed by atoms with van der Waals surface area (Å²) in [5, 5.41) is 3.07. The molecule has 0 aromatic heterocycles. The van der Waals surface area contributed by atoms with Crippen molar-refractivity contribution in [3.05, 3.63) is 0 Å². The van der Waals surface area contributed by atoms with Crippen molar-refractivity contribution in [3.8, 4) is 0 Å². The van der Waals surface area contributed by atoms with E-state index >= 15 is 0 Å². The quantitative estimate of drug-likeness (QED) is 0.604. The van der Waals surface area contributed by atoms with Crippen molar-refractivity contribution in [2.24, 2.45) is 0 Å². The van der Waals surface area contributed by atoms with Gasteiger partial charge in [-0.15, -0.1) is 0 Å². The van der Waals surface area contributed by atoms with E-state index in [2.05, 4.69) is 5.32 Å². The van der Waals surface area contributed by atoms with E-state index in [0.717, 1.165) is 0 Å². The van der Waals surface area contributed by atoms with E-state index in [1.165, 1.54) is 13.4 Å². The molecule has 0 amide bonds. The molecule has 0 aromatic carbocycles. The van der Waals surface area contributed by atoms with Crippen LogP contribution < -0.4 is 5.32 Å². The van der Waals surface area contributed by atoms with Crippen LogP contribution in [0.4, 0.5) is 0 Å². The van der Waals surface area contributed by atoms with E-state index in [1.54, 1.807) is 18.9 Å². The first-order valence-corrected chi connectivity index (χ1v) is 7.90. The van der Waals surface area contributed by atoms with Crippen molar-refractivity contribution in [2.75, 3.05) is 45.8 Å². The molecule has 18 heavy (non-hydrogen) atoms. The molecule has 0 rings (SSSR count). The second-order valence-electron chi connectivity index (χ2n) is 4.72. The van der Waals surface area contributed by atoms with Gasteiger partial charge in [0.2, 0.25) is 0 Å². The number of carbonyl (C=O) groups is 1. The van der Waals surface area contributed by atoms with Crippen LogP contribution in [0.15, 0.2) is 0 Å². The van der Waals surface area contributed by atoms with Gasteiger partial charge in [-0.3, -0.25) is 4.79 Å². The maximum Gasteiger partial charge on any atom is 0.327 e. The third kappa shape index (κ3) is 6.32. The first-order valence-electron chi connectivity index (χ1n) is 5.84. The van der Waals surface area contributed by atoms with Crippen molar-refractivity contribution >= 4 is 15.8 Å². The van der Waals surface area contributed by atoms with Crippen LogP contribution in [0, 0.1) is 0 Å². The topological polar surface area (TPSA) is 75.7 Å². The van der Waals surface area contributed by atoms with Crippen LogP contribution >= 0.6 is 0 Å². The van der Waals surface area contributed by atoms with Crippen molar-refractivity contribution in [3.63, 3.8) is 0 Å². The number of methoxy groups -OCH3 is 1. The zero-order chi connectivity index (χ0) is 14.4. The molecule has 1 unspecified atom stereocenters. The van der Waals surface area contributed by atoms with Gasteiger partial charge < -0.3 is 15.0 Å². The average molecular weight is 280 g/mol. The largest absolute Gasteiger partial charge is 0.468 e. The second-order valence-corrected chi connectivity index (χ2v) is 6.98. The highest BCUT2D eigenvalue weighted by atomic mass is 32.2. The van der Waals surface area contributed by atoms with Gasteiger partial charge in [-0.05, 0) is 20.5 Å². The number of nitrogens with one attached hydrogen (secondary N) is 1. The number of hydrogen-bond acceptors (Lipinski definition) is 6. The zero-order valence-electron chi connectivity index (χ0n) is 11.8. The number of sulfone groups is 1. The number of ether oxygens (including phenoxy) is 1. The van der Waals surface area contributed by atoms with Gasteiger partial charge in [0.15, 0.2) is 0 Å². The highest BCUT2D eigenvalue weighted by Gasteiger charge is 2.34. The predicted octanol–water partition coefficient (Wildman–Crippen LogP) is -0.496. The molecule has 0 saturated heterocycles. The molecule has 0 aromatic rings. The number of carbonyl (C=O) groups excluding carboxylic acids is 1. The Morgan fingerprint density at radius 3 is 2.39 bits per heavy atom. The van der Waals surface area contributed by atoms with E-state index < -0.39 is 15.4 Å². The molecule has 7 heteroatoms. The fourth-order valence-electron chi connectivity index (χ4n) is 1.75. The number of rotatable bonds is 8. The number of likely N-dealkylation sites (N-methyl/N-ethyl adjacent to an activating group) is 2. The van der Waals surface area contributed by atoms with Gasteiger partial charge in [-0.25, -0.2) is 8.42 Å². The molecule has 0 aliphatic rings. The fraction of sp³-hybridized carbons (Fsp3) is 0.909. The molecule has 1 N–H and O–H groups in total. The van der Waals surface area contributed by atoms with Gasteiger partial charge >= 0.3 is 5.97 Å². The van der Waals surface area contributed by atoms with Crippen LogP contribution in [0.1, 0.15) is 13.8 Å². The van der Waals surface area contributed by atoms with Gasteiger partial charge in [0.1, 0.15) is 15.4 Å². The summed E-state index contributed by atoms with van der Waals surface area (Å²) in [6.07, 6.45) is 1.20. The van der Waals surface area contributed by atoms with Gasteiger partial charge in [-0.1, -0.05) is 6.92 Å². The summed E-state index contributed by atoms with van der Waals surface area (Å²) in [5.74, 6) is -0.275. The van der Waals surface area contributed by atoms with Crippen molar-refractivity contribution < 1.29 is 17.9 Å². The molecule has 1 atom stereocenters. The standard InChI is InChI=1S/C11H24N2O4S/c1-6-12-11(2,10(14)17-4)9-13(3)7-8-18(5,15)16/h12H,6-9H2,1-5H3. The van der Waals surface area contributed by atoms with Crippen LogP contribution in [0.3, 0.4) is 0 Å². The van der Waals surface area contributed by atoms with E-state index in [1.807, 2.05) is 6.92 Å². The number of hydrogen-bond donors (Lipinski definition) is 1. The number of esters is 1. The average Bonchev–Trinajstić information content (AvgIpc) is 2.24. The normalized spacial score (nSPS) is 15.4. The summed E-state index contributed by atoms with van der Waals surface area (Å²) < 4.78 is 26.9. The lowest BCUT2D eigenvalue weighted by atomic mass is 10.0. The van der Waals surface area contributed by atoms with E-state index in [-0.39, 0.29) is 11.7 Å². The maximum atomic E-state index is 11.7. The Kier molecular flexibility index (Phi) is 6.80. The van der Waals surface area contributed by atoms with Crippen molar-refractivity contribution in [2.45, 2.75) is 19.4 Å². The van der Waals surface area contributed by atoms with Gasteiger partial charge in [0, 0.05) is 19.3 Å². The second kappa shape index (κ2) is 7.06. The molecule has 0 radical (unpaired) electrons. The molecule has 0 saturated carbocycles. The monoisotopic (exact) mass is 280 g/mol. The molecule has 0 spiro atoms. The van der Waals surface area contributed by atoms with Crippen LogP contribution in [0.25, 0.3) is 0 Å². The smallest absolute Gasteiger partial charge is 0.327 e. The number of nitrogens with zero attached hydrogens (tertiary/aromatic N) is 1. The van der Waals surface area contributed by atoms with E-state index in [0.29, 0.717) is 19.6 Å². The van der Waals surface area contributed by atoms with Crippen LogP contribution in [0.5, 0.6) is 0 Å². The first kappa shape index (κ1) is 17.3. The predicted molar refractivity (Wildman–Crippen MR) is 71.3 cm³/mol. The molecule has 0 aliphatic carbocycles. The summed E-state index contributed by atoms with van der Waals surface area (Å²) in [5.41, 5.74) is -0.824. The SMILES string of the molecule is CCNC(C)(CN(C)CCS(C)(=O)=O)C(=O)OC. The summed E-state index contributed by atoms with van der Waals surface area (Å²) in [4.78, 5) is 13.5. The minimum Gasteiger partial charge on any atom is -0.468 e. The Hall–Kier alpha value is -0.660. The van der Waals surface area contributed by atoms with E-state index in [4.69, 9.17) is 4.74 Å². The minimum atomic E-state index is -2.99. The van der Waals surface area contributed by atoms with E-state index in [9.17, 15) is 13.2 Å². The molecule has 6 nitrogen and oxygen atoms in total. The Bertz CT molecular complexity index is 369. The molecule has 0 heterocycles. The Morgan fingerprint density at radius 2 is 2.00 bits per heavy atom. The highest BCUT2D eigenvalue weighted by Crippen LogP contribution is 2.08. The Morgan fingerprint density at radius 1 is 1.44 bits per heavy atom. The lowest BCUT2D eigenvalue weighted by Gasteiger charge is -2.31. The lowest BCUT2D eigenvalue weighted by Crippen LogP contribution is -2.57. The lowest BCUT2D eigenvalue weighted by molar-refractivity contribution is -0.148. The van der Waals surface area contributed by atoms with Gasteiger partial charge in [-0.2, -0.15) is 0 Å². The van der Waals surface area contributed by atoms with Crippen molar-refractivity contribution in [1.29, 1.82) is 0 Å². The van der Waals surface area contributed by atoms with Gasteiger partial charge in [0.05, 0.1) is 12.9 Å². The first-order chi connectivity index (χ1) is 8.14. The van der Waals surface area contributed by atoms with Gasteiger partial charge in [0.25, 0.3) is 0 Å². The fourth-order valence-corrected chi connectivity index (χ4v) is 2.39. The summed E-state index contributed by atoms with van der Waals surface area (Å²) in [6.45, 7) is 5.06.